The summed E-state index contributed by atoms with van der Waals surface area (Å²) in [7, 11) is 0. The molecule has 1 saturated carbocycles. The van der Waals surface area contributed by atoms with Gasteiger partial charge in [0.2, 0.25) is 0 Å². The lowest BCUT2D eigenvalue weighted by Crippen LogP contribution is -2.23. The van der Waals surface area contributed by atoms with Crippen molar-refractivity contribution >= 4 is 34.5 Å². The number of nitrogens with one attached hydrogen (secondary N) is 1. The van der Waals surface area contributed by atoms with Crippen LogP contribution in [-0.2, 0) is 0 Å². The number of rotatable bonds is 5. The first-order chi connectivity index (χ1) is 9.06. The molecule has 1 aromatic heterocycles. The van der Waals surface area contributed by atoms with Gasteiger partial charge in [0.25, 0.3) is 0 Å². The quantitative estimate of drug-likeness (QED) is 0.710. The van der Waals surface area contributed by atoms with Crippen LogP contribution in [0, 0.1) is 11.8 Å². The Morgan fingerprint density at radius 1 is 1.32 bits per heavy atom. The Morgan fingerprint density at radius 2 is 2.00 bits per heavy atom. The van der Waals surface area contributed by atoms with E-state index in [1.54, 1.807) is 0 Å². The minimum absolute atomic E-state index is 0.291. The van der Waals surface area contributed by atoms with E-state index in [4.69, 9.17) is 23.2 Å². The summed E-state index contributed by atoms with van der Waals surface area (Å²) in [5.74, 6) is 1.85. The molecular weight excluding hydrogens is 297 g/mol. The second-order valence-electron chi connectivity index (χ2n) is 5.87. The molecule has 1 unspecified atom stereocenters. The topological polar surface area (TPSA) is 12.0 Å². The third-order valence-corrected chi connectivity index (χ3v) is 5.81. The van der Waals surface area contributed by atoms with E-state index >= 15 is 0 Å². The molecule has 19 heavy (non-hydrogen) atoms. The van der Waals surface area contributed by atoms with E-state index in [9.17, 15) is 0 Å². The summed E-state index contributed by atoms with van der Waals surface area (Å²) < 4.78 is 1.59. The lowest BCUT2D eigenvalue weighted by molar-refractivity contribution is 0.273. The average molecular weight is 320 g/mol. The number of hydrogen-bond donors (Lipinski definition) is 1. The maximum absolute atomic E-state index is 6.18. The molecule has 2 rings (SSSR count). The Morgan fingerprint density at radius 3 is 2.58 bits per heavy atom. The van der Waals surface area contributed by atoms with Crippen LogP contribution in [0.3, 0.4) is 0 Å². The molecule has 1 nitrogen and oxygen atoms in total. The minimum atomic E-state index is 0.291. The van der Waals surface area contributed by atoms with Gasteiger partial charge in [-0.15, -0.1) is 11.3 Å². The van der Waals surface area contributed by atoms with Gasteiger partial charge in [0.05, 0.1) is 8.67 Å². The SMILES string of the molecule is CC1CCC(CCNC(C)c2cc(Cl)sc2Cl)CC1. The third-order valence-electron chi connectivity index (χ3n) is 4.29. The first-order valence-electron chi connectivity index (χ1n) is 7.24. The van der Waals surface area contributed by atoms with Crippen molar-refractivity contribution in [2.45, 2.75) is 52.0 Å². The molecule has 1 N–H and O–H groups in total. The lowest BCUT2D eigenvalue weighted by Gasteiger charge is -2.26. The Hall–Kier alpha value is 0.240. The highest BCUT2D eigenvalue weighted by atomic mass is 35.5. The Balaban J connectivity index is 1.72. The molecule has 108 valence electrons. The van der Waals surface area contributed by atoms with Crippen LogP contribution < -0.4 is 5.32 Å². The predicted octanol–water partition coefficient (Wildman–Crippen LogP) is 5.92. The Kier molecular flexibility index (Phi) is 6.01. The van der Waals surface area contributed by atoms with Gasteiger partial charge in [-0.3, -0.25) is 0 Å². The summed E-state index contributed by atoms with van der Waals surface area (Å²) in [5, 5.41) is 3.58. The smallest absolute Gasteiger partial charge is 0.0991 e. The van der Waals surface area contributed by atoms with E-state index in [1.807, 2.05) is 6.07 Å². The molecule has 0 spiro atoms. The molecule has 1 aliphatic rings. The molecular formula is C15H23Cl2NS. The molecule has 0 aromatic carbocycles. The fraction of sp³-hybridized carbons (Fsp3) is 0.733. The summed E-state index contributed by atoms with van der Waals surface area (Å²) in [6.07, 6.45) is 6.91. The van der Waals surface area contributed by atoms with E-state index in [0.717, 1.165) is 32.6 Å². The standard InChI is InChI=1S/C15H23Cl2NS/c1-10-3-5-12(6-4-10)7-8-18-11(2)13-9-14(16)19-15(13)17/h9-12,18H,3-8H2,1-2H3. The third kappa shape index (κ3) is 4.63. The van der Waals surface area contributed by atoms with E-state index in [0.29, 0.717) is 6.04 Å². The van der Waals surface area contributed by atoms with Gasteiger partial charge in [0, 0.05) is 6.04 Å². The number of halogens is 2. The first-order valence-corrected chi connectivity index (χ1v) is 8.81. The van der Waals surface area contributed by atoms with Gasteiger partial charge in [-0.2, -0.15) is 0 Å². The highest BCUT2D eigenvalue weighted by Crippen LogP contribution is 2.35. The summed E-state index contributed by atoms with van der Waals surface area (Å²) in [6.45, 7) is 5.61. The Bertz CT molecular complexity index is 397. The van der Waals surface area contributed by atoms with E-state index < -0.39 is 0 Å². The summed E-state index contributed by atoms with van der Waals surface area (Å²) in [6, 6.07) is 2.27. The van der Waals surface area contributed by atoms with Gasteiger partial charge in [0.15, 0.2) is 0 Å². The van der Waals surface area contributed by atoms with Crippen molar-refractivity contribution in [1.29, 1.82) is 0 Å². The van der Waals surface area contributed by atoms with Crippen LogP contribution in [0.1, 0.15) is 57.6 Å². The van der Waals surface area contributed by atoms with Crippen LogP contribution >= 0.6 is 34.5 Å². The minimum Gasteiger partial charge on any atom is -0.310 e. The van der Waals surface area contributed by atoms with Crippen LogP contribution in [0.25, 0.3) is 0 Å². The normalized spacial score (nSPS) is 25.5. The van der Waals surface area contributed by atoms with E-state index in [1.165, 1.54) is 43.4 Å². The number of hydrogen-bond acceptors (Lipinski definition) is 2. The molecule has 0 radical (unpaired) electrons. The summed E-state index contributed by atoms with van der Waals surface area (Å²) in [5.41, 5.74) is 1.13. The fourth-order valence-corrected chi connectivity index (χ4v) is 4.53. The van der Waals surface area contributed by atoms with Crippen molar-refractivity contribution in [3.8, 4) is 0 Å². The molecule has 1 aromatic rings. The summed E-state index contributed by atoms with van der Waals surface area (Å²) in [4.78, 5) is 0. The zero-order valence-corrected chi connectivity index (χ0v) is 14.0. The van der Waals surface area contributed by atoms with E-state index in [2.05, 4.69) is 19.2 Å². The lowest BCUT2D eigenvalue weighted by atomic mass is 9.81. The van der Waals surface area contributed by atoms with Crippen molar-refractivity contribution in [2.24, 2.45) is 11.8 Å². The van der Waals surface area contributed by atoms with Gasteiger partial charge in [-0.05, 0) is 43.4 Å². The van der Waals surface area contributed by atoms with Gasteiger partial charge >= 0.3 is 0 Å². The van der Waals surface area contributed by atoms with Crippen molar-refractivity contribution in [3.05, 3.63) is 20.3 Å². The molecule has 4 heteroatoms. The van der Waals surface area contributed by atoms with Crippen LogP contribution in [-0.4, -0.2) is 6.54 Å². The molecule has 0 bridgehead atoms. The molecule has 1 fully saturated rings. The maximum Gasteiger partial charge on any atom is 0.0991 e. The van der Waals surface area contributed by atoms with Crippen LogP contribution in [0.2, 0.25) is 8.67 Å². The highest BCUT2D eigenvalue weighted by molar-refractivity contribution is 7.20. The zero-order valence-electron chi connectivity index (χ0n) is 11.7. The van der Waals surface area contributed by atoms with Crippen LogP contribution in [0.4, 0.5) is 0 Å². The average Bonchev–Trinajstić information content (AvgIpc) is 2.71. The van der Waals surface area contributed by atoms with Crippen molar-refractivity contribution in [1.82, 2.24) is 5.32 Å². The van der Waals surface area contributed by atoms with Crippen molar-refractivity contribution in [2.75, 3.05) is 6.54 Å². The molecule has 0 saturated heterocycles. The molecule has 0 aliphatic heterocycles. The monoisotopic (exact) mass is 319 g/mol. The molecule has 1 atom stereocenters. The van der Waals surface area contributed by atoms with E-state index in [-0.39, 0.29) is 0 Å². The second-order valence-corrected chi connectivity index (χ2v) is 8.16. The molecule has 1 aliphatic carbocycles. The van der Waals surface area contributed by atoms with Gasteiger partial charge in [-0.25, -0.2) is 0 Å². The van der Waals surface area contributed by atoms with Gasteiger partial charge in [0.1, 0.15) is 0 Å². The van der Waals surface area contributed by atoms with Crippen molar-refractivity contribution < 1.29 is 0 Å². The van der Waals surface area contributed by atoms with Gasteiger partial charge < -0.3 is 5.32 Å². The second kappa shape index (κ2) is 7.31. The highest BCUT2D eigenvalue weighted by Gasteiger charge is 2.18. The van der Waals surface area contributed by atoms with Crippen LogP contribution in [0.5, 0.6) is 0 Å². The Labute approximate surface area is 130 Å². The number of thiophene rings is 1. The summed E-state index contributed by atoms with van der Waals surface area (Å²) >= 11 is 13.6. The largest absolute Gasteiger partial charge is 0.310 e. The van der Waals surface area contributed by atoms with Crippen LogP contribution in [0.15, 0.2) is 6.07 Å². The molecule has 1 heterocycles. The van der Waals surface area contributed by atoms with Crippen molar-refractivity contribution in [3.63, 3.8) is 0 Å². The fourth-order valence-electron chi connectivity index (χ4n) is 2.88. The first kappa shape index (κ1) is 15.6. The zero-order chi connectivity index (χ0) is 13.8. The maximum atomic E-state index is 6.18. The van der Waals surface area contributed by atoms with Gasteiger partial charge in [-0.1, -0.05) is 55.8 Å². The predicted molar refractivity (Wildman–Crippen MR) is 86.5 cm³/mol. The molecule has 0 amide bonds.